The maximum atomic E-state index is 12.0. The number of amides is 1. The summed E-state index contributed by atoms with van der Waals surface area (Å²) in [5, 5.41) is 13.4. The van der Waals surface area contributed by atoms with Gasteiger partial charge in [0.05, 0.1) is 19.1 Å². The lowest BCUT2D eigenvalue weighted by Crippen LogP contribution is -2.43. The van der Waals surface area contributed by atoms with Crippen LogP contribution >= 0.6 is 0 Å². The van der Waals surface area contributed by atoms with Crippen LogP contribution in [-0.2, 0) is 11.2 Å². The molecule has 21 heavy (non-hydrogen) atoms. The lowest BCUT2D eigenvalue weighted by molar-refractivity contribution is -0.121. The fourth-order valence-electron chi connectivity index (χ4n) is 2.82. The molecule has 4 nitrogen and oxygen atoms in total. The van der Waals surface area contributed by atoms with Crippen LogP contribution in [0.15, 0.2) is 24.3 Å². The molecule has 0 spiro atoms. The molecule has 116 valence electrons. The third kappa shape index (κ3) is 5.05. The predicted octanol–water partition coefficient (Wildman–Crippen LogP) is 2.44. The molecule has 0 heterocycles. The van der Waals surface area contributed by atoms with E-state index in [1.54, 1.807) is 7.11 Å². The van der Waals surface area contributed by atoms with Gasteiger partial charge in [-0.25, -0.2) is 0 Å². The first-order valence-corrected chi connectivity index (χ1v) is 7.73. The summed E-state index contributed by atoms with van der Waals surface area (Å²) in [7, 11) is 1.62. The molecule has 1 fully saturated rings. The van der Waals surface area contributed by atoms with E-state index in [0.29, 0.717) is 13.0 Å². The topological polar surface area (TPSA) is 58.6 Å². The molecule has 0 unspecified atom stereocenters. The minimum atomic E-state index is -0.716. The fraction of sp³-hybridized carbons (Fsp3) is 0.588. The monoisotopic (exact) mass is 291 g/mol. The highest BCUT2D eigenvalue weighted by Gasteiger charge is 2.28. The maximum absolute atomic E-state index is 12.0. The van der Waals surface area contributed by atoms with Crippen LogP contribution in [0.5, 0.6) is 5.75 Å². The third-order valence-corrected chi connectivity index (χ3v) is 4.17. The highest BCUT2D eigenvalue weighted by molar-refractivity contribution is 5.78. The van der Waals surface area contributed by atoms with Crippen molar-refractivity contribution in [2.75, 3.05) is 13.7 Å². The van der Waals surface area contributed by atoms with E-state index in [2.05, 4.69) is 5.32 Å². The minimum absolute atomic E-state index is 0.0437. The molecule has 1 aliphatic rings. The maximum Gasteiger partial charge on any atom is 0.224 e. The number of methoxy groups -OCH3 is 1. The van der Waals surface area contributed by atoms with E-state index in [1.807, 2.05) is 24.3 Å². The zero-order chi connectivity index (χ0) is 15.1. The molecule has 2 N–H and O–H groups in total. The van der Waals surface area contributed by atoms with E-state index >= 15 is 0 Å². The van der Waals surface area contributed by atoms with Crippen molar-refractivity contribution in [3.8, 4) is 5.75 Å². The zero-order valence-corrected chi connectivity index (χ0v) is 12.7. The fourth-order valence-corrected chi connectivity index (χ4v) is 2.82. The summed E-state index contributed by atoms with van der Waals surface area (Å²) < 4.78 is 5.09. The van der Waals surface area contributed by atoms with Crippen molar-refractivity contribution >= 4 is 5.91 Å². The number of ether oxygens (including phenoxy) is 1. The number of carbonyl (C=O) groups excluding carboxylic acids is 1. The smallest absolute Gasteiger partial charge is 0.224 e. The second-order valence-electron chi connectivity index (χ2n) is 5.94. The minimum Gasteiger partial charge on any atom is -0.497 e. The molecule has 4 heteroatoms. The summed E-state index contributed by atoms with van der Waals surface area (Å²) in [4.78, 5) is 12.0. The standard InChI is InChI=1S/C17H25NO3/c1-21-15-8-6-14(7-9-15)12-16(19)18-13-17(20)10-4-2-3-5-11-17/h6-9,20H,2-5,10-13H2,1H3,(H,18,19). The summed E-state index contributed by atoms with van der Waals surface area (Å²) in [5.74, 6) is 0.741. The van der Waals surface area contributed by atoms with Crippen molar-refractivity contribution in [3.05, 3.63) is 29.8 Å². The number of rotatable bonds is 5. The van der Waals surface area contributed by atoms with Crippen molar-refractivity contribution < 1.29 is 14.6 Å². The Morgan fingerprint density at radius 2 is 1.81 bits per heavy atom. The van der Waals surface area contributed by atoms with Gasteiger partial charge in [-0.2, -0.15) is 0 Å². The third-order valence-electron chi connectivity index (χ3n) is 4.17. The lowest BCUT2D eigenvalue weighted by atomic mass is 9.94. The van der Waals surface area contributed by atoms with Gasteiger partial charge in [0.1, 0.15) is 5.75 Å². The molecule has 1 aliphatic carbocycles. The highest BCUT2D eigenvalue weighted by atomic mass is 16.5. The Morgan fingerprint density at radius 1 is 1.19 bits per heavy atom. The lowest BCUT2D eigenvalue weighted by Gasteiger charge is -2.26. The van der Waals surface area contributed by atoms with E-state index < -0.39 is 5.60 Å². The van der Waals surface area contributed by atoms with Crippen LogP contribution in [-0.4, -0.2) is 30.3 Å². The first-order valence-electron chi connectivity index (χ1n) is 7.73. The van der Waals surface area contributed by atoms with Crippen LogP contribution in [0.3, 0.4) is 0 Å². The van der Waals surface area contributed by atoms with E-state index in [0.717, 1.165) is 37.0 Å². The summed E-state index contributed by atoms with van der Waals surface area (Å²) in [5.41, 5.74) is 0.229. The van der Waals surface area contributed by atoms with Crippen molar-refractivity contribution in [1.82, 2.24) is 5.32 Å². The molecule has 0 radical (unpaired) electrons. The van der Waals surface area contributed by atoms with E-state index in [-0.39, 0.29) is 5.91 Å². The van der Waals surface area contributed by atoms with Crippen LogP contribution in [0.25, 0.3) is 0 Å². The predicted molar refractivity (Wildman–Crippen MR) is 82.4 cm³/mol. The molecule has 1 aromatic carbocycles. The zero-order valence-electron chi connectivity index (χ0n) is 12.7. The molecule has 0 atom stereocenters. The van der Waals surface area contributed by atoms with Crippen LogP contribution in [0.4, 0.5) is 0 Å². The first kappa shape index (κ1) is 15.8. The average Bonchev–Trinajstić information content (AvgIpc) is 2.71. The average molecular weight is 291 g/mol. The Hall–Kier alpha value is -1.55. The van der Waals surface area contributed by atoms with Crippen molar-refractivity contribution in [3.63, 3.8) is 0 Å². The van der Waals surface area contributed by atoms with Gasteiger partial charge in [0.15, 0.2) is 0 Å². The van der Waals surface area contributed by atoms with E-state index in [1.165, 1.54) is 12.8 Å². The van der Waals surface area contributed by atoms with Crippen molar-refractivity contribution in [2.45, 2.75) is 50.5 Å². The van der Waals surface area contributed by atoms with Gasteiger partial charge in [0.25, 0.3) is 0 Å². The van der Waals surface area contributed by atoms with Gasteiger partial charge in [0, 0.05) is 6.54 Å². The molecule has 0 bridgehead atoms. The van der Waals surface area contributed by atoms with Gasteiger partial charge in [-0.05, 0) is 30.5 Å². The van der Waals surface area contributed by atoms with Crippen molar-refractivity contribution in [1.29, 1.82) is 0 Å². The van der Waals surface area contributed by atoms with E-state index in [9.17, 15) is 9.90 Å². The molecule has 0 saturated heterocycles. The first-order chi connectivity index (χ1) is 10.1. The Balaban J connectivity index is 1.80. The number of carbonyl (C=O) groups is 1. The molecule has 0 aromatic heterocycles. The van der Waals surface area contributed by atoms with Crippen LogP contribution in [0.1, 0.15) is 44.1 Å². The van der Waals surface area contributed by atoms with Crippen molar-refractivity contribution in [2.24, 2.45) is 0 Å². The van der Waals surface area contributed by atoms with Crippen LogP contribution in [0.2, 0.25) is 0 Å². The Labute approximate surface area is 126 Å². The Bertz CT molecular complexity index is 448. The number of nitrogens with one attached hydrogen (secondary N) is 1. The largest absolute Gasteiger partial charge is 0.497 e. The van der Waals surface area contributed by atoms with Gasteiger partial charge >= 0.3 is 0 Å². The van der Waals surface area contributed by atoms with Gasteiger partial charge in [-0.15, -0.1) is 0 Å². The van der Waals surface area contributed by atoms with E-state index in [4.69, 9.17) is 4.74 Å². The second kappa shape index (κ2) is 7.46. The molecule has 2 rings (SSSR count). The van der Waals surface area contributed by atoms with Crippen LogP contribution < -0.4 is 10.1 Å². The normalized spacial score (nSPS) is 17.8. The number of aliphatic hydroxyl groups is 1. The molecule has 1 saturated carbocycles. The molecule has 1 amide bonds. The van der Waals surface area contributed by atoms with Gasteiger partial charge < -0.3 is 15.2 Å². The van der Waals surface area contributed by atoms with Gasteiger partial charge in [-0.3, -0.25) is 4.79 Å². The summed E-state index contributed by atoms with van der Waals surface area (Å²) >= 11 is 0. The van der Waals surface area contributed by atoms with Crippen LogP contribution in [0, 0.1) is 0 Å². The molecule has 1 aromatic rings. The van der Waals surface area contributed by atoms with Gasteiger partial charge in [-0.1, -0.05) is 37.8 Å². The molecular weight excluding hydrogens is 266 g/mol. The molecule has 0 aliphatic heterocycles. The second-order valence-corrected chi connectivity index (χ2v) is 5.94. The summed E-state index contributed by atoms with van der Waals surface area (Å²) in [6, 6.07) is 7.47. The Morgan fingerprint density at radius 3 is 2.38 bits per heavy atom. The van der Waals surface area contributed by atoms with Gasteiger partial charge in [0.2, 0.25) is 5.91 Å². The number of benzene rings is 1. The highest BCUT2D eigenvalue weighted by Crippen LogP contribution is 2.26. The molecular formula is C17H25NO3. The Kier molecular flexibility index (Phi) is 5.62. The quantitative estimate of drug-likeness (QED) is 0.819. The number of hydrogen-bond acceptors (Lipinski definition) is 3. The number of hydrogen-bond donors (Lipinski definition) is 2. The summed E-state index contributed by atoms with van der Waals surface area (Å²) in [6.45, 7) is 0.363. The SMILES string of the molecule is COc1ccc(CC(=O)NCC2(O)CCCCCC2)cc1. The summed E-state index contributed by atoms with van der Waals surface area (Å²) in [6.07, 6.45) is 6.37.